The number of hydrogen-bond acceptors (Lipinski definition) is 4. The average Bonchev–Trinajstić information content (AvgIpc) is 2.35. The molecule has 1 aromatic rings. The van der Waals surface area contributed by atoms with Crippen LogP contribution in [0, 0.1) is 5.21 Å². The predicted molar refractivity (Wildman–Crippen MR) is 59.1 cm³/mol. The number of nitrogens with one attached hydrogen (secondary N) is 1. The summed E-state index contributed by atoms with van der Waals surface area (Å²) >= 11 is 0. The minimum absolute atomic E-state index is 0.508. The molecule has 1 aromatic carbocycles. The van der Waals surface area contributed by atoms with E-state index in [4.69, 9.17) is 0 Å². The van der Waals surface area contributed by atoms with Gasteiger partial charge in [0.15, 0.2) is 0 Å². The molecule has 1 unspecified atom stereocenters. The van der Waals surface area contributed by atoms with Gasteiger partial charge in [-0.25, -0.2) is 4.79 Å². The molecule has 1 amide bonds. The maximum absolute atomic E-state index is 12.0. The summed E-state index contributed by atoms with van der Waals surface area (Å²) in [5.41, 5.74) is 0.508. The Morgan fingerprint density at radius 1 is 1.26 bits per heavy atom. The number of hydrogen-bond donors (Lipinski definition) is 1. The number of alkyl halides is 3. The zero-order valence-corrected chi connectivity index (χ0v) is 10.1. The summed E-state index contributed by atoms with van der Waals surface area (Å²) in [4.78, 5) is 9.96. The van der Waals surface area contributed by atoms with Crippen LogP contribution in [0.25, 0.3) is 6.08 Å². The molecule has 0 heterocycles. The van der Waals surface area contributed by atoms with Crippen LogP contribution in [0.5, 0.6) is 0 Å². The van der Waals surface area contributed by atoms with Crippen molar-refractivity contribution in [2.45, 2.75) is 11.1 Å². The molecule has 0 saturated heterocycles. The van der Waals surface area contributed by atoms with Crippen LogP contribution >= 0.6 is 0 Å². The second kappa shape index (κ2) is 5.11. The number of amides is 1. The molecule has 1 N–H and O–H groups in total. The fraction of sp³-hybridized carbons (Fsp3) is 0.100. The van der Waals surface area contributed by atoms with Gasteiger partial charge in [0.05, 0.1) is 0 Å². The molecule has 0 bridgehead atoms. The molecule has 0 saturated carbocycles. The number of benzene rings is 1. The third-order valence-corrected chi connectivity index (χ3v) is 3.68. The summed E-state index contributed by atoms with van der Waals surface area (Å²) < 4.78 is 56.6. The highest BCUT2D eigenvalue weighted by molar-refractivity contribution is 7.85. The number of carbonyl (C=O) groups is 1. The van der Waals surface area contributed by atoms with Gasteiger partial charge in [-0.15, -0.1) is 0 Å². The lowest BCUT2D eigenvalue weighted by atomic mass is 10.2. The van der Waals surface area contributed by atoms with E-state index >= 15 is 0 Å². The Kier molecular flexibility index (Phi) is 4.13. The SMILES string of the molecule is C=Cc1ccc(S(=O)(=O)[NH+]([O-])C(=O)C(F)(F)F)cc1. The third kappa shape index (κ3) is 3.19. The van der Waals surface area contributed by atoms with E-state index < -0.39 is 31.5 Å². The van der Waals surface area contributed by atoms with Crippen molar-refractivity contribution in [2.24, 2.45) is 0 Å². The predicted octanol–water partition coefficient (Wildman–Crippen LogP) is 0.490. The molecule has 0 aromatic heterocycles. The lowest BCUT2D eigenvalue weighted by Crippen LogP contribution is -3.13. The molecular weight excluding hydrogens is 287 g/mol. The minimum Gasteiger partial charge on any atom is -0.610 e. The van der Waals surface area contributed by atoms with E-state index in [1.807, 2.05) is 0 Å². The standard InChI is InChI=1S/C10H8F3NO4S/c1-2-7-3-5-8(6-4-7)19(17,18)14(16)9(15)10(11,12)13/h2-6,14H,1H2. The molecule has 5 nitrogen and oxygen atoms in total. The number of halogens is 3. The first-order valence-corrected chi connectivity index (χ1v) is 6.22. The first kappa shape index (κ1) is 15.3. The van der Waals surface area contributed by atoms with Crippen molar-refractivity contribution in [3.05, 3.63) is 41.6 Å². The summed E-state index contributed by atoms with van der Waals surface area (Å²) in [6.45, 7) is 3.40. The van der Waals surface area contributed by atoms with Gasteiger partial charge in [0.1, 0.15) is 4.90 Å². The first-order chi connectivity index (χ1) is 8.60. The van der Waals surface area contributed by atoms with Gasteiger partial charge in [-0.1, -0.05) is 24.8 Å². The van der Waals surface area contributed by atoms with Gasteiger partial charge in [0, 0.05) is 0 Å². The van der Waals surface area contributed by atoms with Crippen LogP contribution in [-0.2, 0) is 14.8 Å². The Labute approximate surface area is 106 Å². The van der Waals surface area contributed by atoms with Crippen molar-refractivity contribution < 1.29 is 30.9 Å². The average molecular weight is 295 g/mol. The Bertz CT molecular complexity index is 592. The van der Waals surface area contributed by atoms with Crippen LogP contribution in [0.1, 0.15) is 5.56 Å². The van der Waals surface area contributed by atoms with E-state index in [-0.39, 0.29) is 0 Å². The van der Waals surface area contributed by atoms with E-state index in [0.717, 1.165) is 12.1 Å². The molecule has 9 heteroatoms. The normalized spacial score (nSPS) is 13.9. The van der Waals surface area contributed by atoms with Crippen molar-refractivity contribution in [2.75, 3.05) is 0 Å². The molecule has 0 aliphatic rings. The highest BCUT2D eigenvalue weighted by atomic mass is 32.2. The van der Waals surface area contributed by atoms with Crippen LogP contribution < -0.4 is 4.47 Å². The summed E-state index contributed by atoms with van der Waals surface area (Å²) in [5, 5.41) is 11.1. The molecule has 104 valence electrons. The Morgan fingerprint density at radius 2 is 1.74 bits per heavy atom. The minimum atomic E-state index is -5.52. The second-order valence-electron chi connectivity index (χ2n) is 3.39. The van der Waals surface area contributed by atoms with Gasteiger partial charge in [-0.2, -0.15) is 26.1 Å². The number of rotatable bonds is 3. The first-order valence-electron chi connectivity index (χ1n) is 4.74. The summed E-state index contributed by atoms with van der Waals surface area (Å²) in [6.07, 6.45) is -4.15. The molecule has 0 fully saturated rings. The maximum Gasteiger partial charge on any atom is 0.511 e. The van der Waals surface area contributed by atoms with Crippen LogP contribution in [-0.4, -0.2) is 20.5 Å². The number of hydroxylamine groups is 1. The fourth-order valence-electron chi connectivity index (χ4n) is 1.13. The highest BCUT2D eigenvalue weighted by Gasteiger charge is 2.49. The quantitative estimate of drug-likeness (QED) is 0.823. The van der Waals surface area contributed by atoms with E-state index in [0.29, 0.717) is 5.56 Å². The van der Waals surface area contributed by atoms with E-state index in [9.17, 15) is 31.6 Å². The third-order valence-electron chi connectivity index (χ3n) is 2.11. The van der Waals surface area contributed by atoms with Crippen LogP contribution in [0.15, 0.2) is 35.7 Å². The zero-order valence-electron chi connectivity index (χ0n) is 9.27. The Hall–Kier alpha value is -1.71. The van der Waals surface area contributed by atoms with Crippen molar-refractivity contribution >= 4 is 22.0 Å². The molecule has 1 rings (SSSR count). The molecule has 0 radical (unpaired) electrons. The maximum atomic E-state index is 12.0. The van der Waals surface area contributed by atoms with Crippen molar-refractivity contribution in [3.63, 3.8) is 0 Å². The smallest absolute Gasteiger partial charge is 0.511 e. The van der Waals surface area contributed by atoms with Gasteiger partial charge < -0.3 is 5.21 Å². The Balaban J connectivity index is 3.16. The lowest BCUT2D eigenvalue weighted by molar-refractivity contribution is -0.630. The summed E-state index contributed by atoms with van der Waals surface area (Å²) in [7, 11) is -4.99. The summed E-state index contributed by atoms with van der Waals surface area (Å²) in [6, 6.07) is 4.33. The number of sulfonamides is 1. The van der Waals surface area contributed by atoms with Gasteiger partial charge in [-0.3, -0.25) is 0 Å². The zero-order chi connectivity index (χ0) is 14.8. The van der Waals surface area contributed by atoms with Crippen molar-refractivity contribution in [1.29, 1.82) is 0 Å². The van der Waals surface area contributed by atoms with Gasteiger partial charge in [0.2, 0.25) is 0 Å². The van der Waals surface area contributed by atoms with Crippen molar-refractivity contribution in [1.82, 2.24) is 0 Å². The second-order valence-corrected chi connectivity index (χ2v) is 5.24. The lowest BCUT2D eigenvalue weighted by Gasteiger charge is -2.19. The topological polar surface area (TPSA) is 78.7 Å². The van der Waals surface area contributed by atoms with Crippen LogP contribution in [0.4, 0.5) is 13.2 Å². The molecular formula is C10H8F3NO4S. The van der Waals surface area contributed by atoms with Crippen molar-refractivity contribution in [3.8, 4) is 0 Å². The van der Waals surface area contributed by atoms with E-state index in [1.165, 1.54) is 18.2 Å². The highest BCUT2D eigenvalue weighted by Crippen LogP contribution is 2.14. The fourth-order valence-corrected chi connectivity index (χ4v) is 2.20. The largest absolute Gasteiger partial charge is 0.610 e. The molecule has 0 aliphatic carbocycles. The molecule has 0 aliphatic heterocycles. The van der Waals surface area contributed by atoms with Gasteiger partial charge >= 0.3 is 22.1 Å². The summed E-state index contributed by atoms with van der Waals surface area (Å²) in [5.74, 6) is -2.92. The van der Waals surface area contributed by atoms with E-state index in [1.54, 1.807) is 0 Å². The Morgan fingerprint density at radius 3 is 2.11 bits per heavy atom. The van der Waals surface area contributed by atoms with Gasteiger partial charge in [-0.05, 0) is 17.7 Å². The molecule has 1 atom stereocenters. The van der Waals surface area contributed by atoms with Crippen LogP contribution in [0.2, 0.25) is 0 Å². The van der Waals surface area contributed by atoms with Crippen LogP contribution in [0.3, 0.4) is 0 Å². The number of quaternary nitrogens is 1. The van der Waals surface area contributed by atoms with E-state index in [2.05, 4.69) is 6.58 Å². The van der Waals surface area contributed by atoms with Gasteiger partial charge in [0.25, 0.3) is 0 Å². The number of carbonyl (C=O) groups excluding carboxylic acids is 1. The molecule has 0 spiro atoms. The molecule has 19 heavy (non-hydrogen) atoms. The monoisotopic (exact) mass is 295 g/mol.